The predicted molar refractivity (Wildman–Crippen MR) is 64.1 cm³/mol. The van der Waals surface area contributed by atoms with Crippen LogP contribution in [0.1, 0.15) is 38.5 Å². The topological polar surface area (TPSA) is 41.6 Å². The van der Waals surface area contributed by atoms with Gasteiger partial charge in [-0.2, -0.15) is 0 Å². The summed E-state index contributed by atoms with van der Waals surface area (Å²) in [7, 11) is 0. The second-order valence-electron chi connectivity index (χ2n) is 6.53. The normalized spacial score (nSPS) is 49.9. The molecule has 0 spiro atoms. The lowest BCUT2D eigenvalue weighted by molar-refractivity contribution is -0.0592. The molecular weight excluding hydrogens is 198 g/mol. The van der Waals surface area contributed by atoms with Crippen molar-refractivity contribution in [3.63, 3.8) is 0 Å². The third-order valence-electron chi connectivity index (χ3n) is 5.45. The summed E-state index contributed by atoms with van der Waals surface area (Å²) in [4.78, 5) is 6.86. The van der Waals surface area contributed by atoms with E-state index in [4.69, 9.17) is 5.73 Å². The zero-order chi connectivity index (χ0) is 10.8. The molecule has 0 aromatic rings. The molecule has 4 saturated carbocycles. The molecule has 88 valence electrons. The first kappa shape index (κ1) is 9.32. The number of rotatable bonds is 1. The third-order valence-corrected chi connectivity index (χ3v) is 5.45. The molecule has 16 heavy (non-hydrogen) atoms. The summed E-state index contributed by atoms with van der Waals surface area (Å²) in [6, 6.07) is 0. The van der Waals surface area contributed by atoms with Crippen LogP contribution in [0.4, 0.5) is 0 Å². The molecule has 0 radical (unpaired) electrons. The van der Waals surface area contributed by atoms with Gasteiger partial charge in [0.25, 0.3) is 0 Å². The summed E-state index contributed by atoms with van der Waals surface area (Å²) in [6.07, 6.45) is 8.71. The Hall–Kier alpha value is -0.730. The number of hydrogen-bond donors (Lipinski definition) is 1. The van der Waals surface area contributed by atoms with E-state index in [0.717, 1.165) is 36.8 Å². The fourth-order valence-electron chi connectivity index (χ4n) is 5.34. The van der Waals surface area contributed by atoms with E-state index in [-0.39, 0.29) is 0 Å². The molecule has 4 fully saturated rings. The Morgan fingerprint density at radius 3 is 2.06 bits per heavy atom. The number of aliphatic imine (C=N–C) groups is 1. The maximum atomic E-state index is 6.08. The Labute approximate surface area is 97.1 Å². The molecule has 3 heteroatoms. The van der Waals surface area contributed by atoms with Gasteiger partial charge in [-0.05, 0) is 56.3 Å². The second-order valence-corrected chi connectivity index (χ2v) is 6.53. The predicted octanol–water partition coefficient (Wildman–Crippen LogP) is 1.59. The van der Waals surface area contributed by atoms with E-state index < -0.39 is 0 Å². The average Bonchev–Trinajstić information content (AvgIpc) is 2.62. The average molecular weight is 219 g/mol. The second kappa shape index (κ2) is 2.93. The van der Waals surface area contributed by atoms with Gasteiger partial charge < -0.3 is 10.6 Å². The van der Waals surface area contributed by atoms with Crippen molar-refractivity contribution in [3.8, 4) is 0 Å². The molecule has 0 saturated heterocycles. The van der Waals surface area contributed by atoms with Gasteiger partial charge in [0.15, 0.2) is 5.96 Å². The van der Waals surface area contributed by atoms with Crippen LogP contribution in [0.5, 0.6) is 0 Å². The van der Waals surface area contributed by atoms with Gasteiger partial charge in [-0.25, -0.2) is 0 Å². The van der Waals surface area contributed by atoms with Gasteiger partial charge in [-0.3, -0.25) is 4.99 Å². The Morgan fingerprint density at radius 2 is 1.62 bits per heavy atom. The van der Waals surface area contributed by atoms with E-state index in [0.29, 0.717) is 5.54 Å². The first-order chi connectivity index (χ1) is 7.75. The zero-order valence-electron chi connectivity index (χ0n) is 9.86. The number of hydrogen-bond acceptors (Lipinski definition) is 3. The molecule has 5 aliphatic rings. The van der Waals surface area contributed by atoms with Crippen LogP contribution in [0.3, 0.4) is 0 Å². The van der Waals surface area contributed by atoms with Crippen LogP contribution < -0.4 is 5.73 Å². The molecule has 0 aromatic heterocycles. The standard InChI is InChI=1S/C13H21N3/c14-12-15-1-2-16(12)13-6-9-3-10(7-13)5-11(4-9)8-13/h9-11H,1-8H2,(H2,14,15). The van der Waals surface area contributed by atoms with Gasteiger partial charge >= 0.3 is 0 Å². The molecule has 1 aliphatic heterocycles. The summed E-state index contributed by atoms with van der Waals surface area (Å²) in [5, 5.41) is 0. The highest BCUT2D eigenvalue weighted by molar-refractivity contribution is 5.80. The molecule has 3 nitrogen and oxygen atoms in total. The largest absolute Gasteiger partial charge is 0.370 e. The minimum Gasteiger partial charge on any atom is -0.370 e. The first-order valence-corrected chi connectivity index (χ1v) is 6.83. The van der Waals surface area contributed by atoms with Crippen LogP contribution in [0.25, 0.3) is 0 Å². The number of nitrogens with zero attached hydrogens (tertiary/aromatic N) is 2. The molecule has 0 amide bonds. The summed E-state index contributed by atoms with van der Waals surface area (Å²) >= 11 is 0. The maximum absolute atomic E-state index is 6.08. The van der Waals surface area contributed by atoms with Crippen molar-refractivity contribution in [2.24, 2.45) is 28.5 Å². The highest BCUT2D eigenvalue weighted by Gasteiger charge is 2.54. The monoisotopic (exact) mass is 219 g/mol. The van der Waals surface area contributed by atoms with Crippen LogP contribution in [-0.4, -0.2) is 29.5 Å². The van der Waals surface area contributed by atoms with Crippen molar-refractivity contribution in [2.75, 3.05) is 13.1 Å². The molecule has 2 N–H and O–H groups in total. The van der Waals surface area contributed by atoms with Crippen molar-refractivity contribution in [3.05, 3.63) is 0 Å². The number of nitrogens with two attached hydrogens (primary N) is 1. The highest BCUT2D eigenvalue weighted by Crippen LogP contribution is 2.57. The molecule has 0 unspecified atom stereocenters. The van der Waals surface area contributed by atoms with Crippen molar-refractivity contribution in [1.82, 2.24) is 4.90 Å². The van der Waals surface area contributed by atoms with Crippen LogP contribution in [0, 0.1) is 17.8 Å². The van der Waals surface area contributed by atoms with E-state index in [1.54, 1.807) is 0 Å². The van der Waals surface area contributed by atoms with Gasteiger partial charge in [0.05, 0.1) is 6.54 Å². The smallest absolute Gasteiger partial charge is 0.191 e. The Kier molecular flexibility index (Phi) is 1.71. The van der Waals surface area contributed by atoms with Crippen molar-refractivity contribution < 1.29 is 0 Å². The van der Waals surface area contributed by atoms with E-state index >= 15 is 0 Å². The Balaban J connectivity index is 1.69. The van der Waals surface area contributed by atoms with Crippen molar-refractivity contribution in [1.29, 1.82) is 0 Å². The first-order valence-electron chi connectivity index (χ1n) is 6.83. The van der Waals surface area contributed by atoms with Crippen LogP contribution >= 0.6 is 0 Å². The van der Waals surface area contributed by atoms with E-state index in [2.05, 4.69) is 9.89 Å². The summed E-state index contributed by atoms with van der Waals surface area (Å²) in [5.41, 5.74) is 6.51. The van der Waals surface area contributed by atoms with Crippen molar-refractivity contribution in [2.45, 2.75) is 44.1 Å². The summed E-state index contributed by atoms with van der Waals surface area (Å²) < 4.78 is 0. The fraction of sp³-hybridized carbons (Fsp3) is 0.923. The zero-order valence-corrected chi connectivity index (χ0v) is 9.86. The fourth-order valence-corrected chi connectivity index (χ4v) is 5.34. The quantitative estimate of drug-likeness (QED) is 0.727. The van der Waals surface area contributed by atoms with Crippen molar-refractivity contribution >= 4 is 5.96 Å². The molecular formula is C13H21N3. The molecule has 5 rings (SSSR count). The lowest BCUT2D eigenvalue weighted by Gasteiger charge is -2.60. The van der Waals surface area contributed by atoms with E-state index in [9.17, 15) is 0 Å². The van der Waals surface area contributed by atoms with Crippen LogP contribution in [0.2, 0.25) is 0 Å². The van der Waals surface area contributed by atoms with Gasteiger partial charge in [-0.1, -0.05) is 0 Å². The minimum atomic E-state index is 0.429. The van der Waals surface area contributed by atoms with Crippen LogP contribution in [0.15, 0.2) is 4.99 Å². The minimum absolute atomic E-state index is 0.429. The lowest BCUT2D eigenvalue weighted by Crippen LogP contribution is -2.62. The van der Waals surface area contributed by atoms with Gasteiger partial charge in [0, 0.05) is 12.1 Å². The summed E-state index contributed by atoms with van der Waals surface area (Å²) in [6.45, 7) is 2.01. The summed E-state index contributed by atoms with van der Waals surface area (Å²) in [5.74, 6) is 3.83. The number of guanidine groups is 1. The Bertz CT molecular complexity index is 312. The molecule has 0 aromatic carbocycles. The SMILES string of the molecule is NC1=NCCN1C12CC3CC(CC(C3)C1)C2. The highest BCUT2D eigenvalue weighted by atomic mass is 15.3. The molecule has 0 atom stereocenters. The Morgan fingerprint density at radius 1 is 1.06 bits per heavy atom. The third kappa shape index (κ3) is 1.12. The van der Waals surface area contributed by atoms with E-state index in [1.807, 2.05) is 0 Å². The van der Waals surface area contributed by atoms with Gasteiger partial charge in [0.1, 0.15) is 0 Å². The van der Waals surface area contributed by atoms with Gasteiger partial charge in [-0.15, -0.1) is 0 Å². The molecule has 4 aliphatic carbocycles. The lowest BCUT2D eigenvalue weighted by atomic mass is 9.52. The van der Waals surface area contributed by atoms with Gasteiger partial charge in [0.2, 0.25) is 0 Å². The molecule has 1 heterocycles. The molecule has 4 bridgehead atoms. The van der Waals surface area contributed by atoms with E-state index in [1.165, 1.54) is 38.5 Å². The van der Waals surface area contributed by atoms with Crippen LogP contribution in [-0.2, 0) is 0 Å². The maximum Gasteiger partial charge on any atom is 0.191 e.